The van der Waals surface area contributed by atoms with Crippen LogP contribution in [0, 0.1) is 10.1 Å². The number of hydrogen-bond acceptors (Lipinski definition) is 5. The molecule has 20 heavy (non-hydrogen) atoms. The molecule has 1 amide bonds. The molecule has 1 aromatic rings. The molecule has 0 heterocycles. The Hall–Kier alpha value is -2.64. The third-order valence-electron chi connectivity index (χ3n) is 2.60. The van der Waals surface area contributed by atoms with Crippen LogP contribution in [-0.4, -0.2) is 34.6 Å². The van der Waals surface area contributed by atoms with Crippen LogP contribution in [0.5, 0.6) is 5.75 Å². The van der Waals surface area contributed by atoms with E-state index >= 15 is 0 Å². The van der Waals surface area contributed by atoms with Gasteiger partial charge in [-0.05, 0) is 19.9 Å². The van der Waals surface area contributed by atoms with E-state index in [1.165, 1.54) is 33.1 Å². The van der Waals surface area contributed by atoms with Crippen molar-refractivity contribution in [2.24, 2.45) is 0 Å². The van der Waals surface area contributed by atoms with Crippen LogP contribution in [0.1, 0.15) is 24.2 Å². The lowest BCUT2D eigenvalue weighted by atomic mass is 10.0. The van der Waals surface area contributed by atoms with Crippen molar-refractivity contribution in [1.29, 1.82) is 0 Å². The summed E-state index contributed by atoms with van der Waals surface area (Å²) in [5, 5.41) is 21.9. The lowest BCUT2D eigenvalue weighted by Crippen LogP contribution is -2.49. The molecule has 108 valence electrons. The van der Waals surface area contributed by atoms with E-state index < -0.39 is 22.3 Å². The molecule has 0 unspecified atom stereocenters. The number of carboxylic acid groups (broad SMARTS) is 1. The topological polar surface area (TPSA) is 119 Å². The molecule has 0 aromatic heterocycles. The number of benzene rings is 1. The summed E-state index contributed by atoms with van der Waals surface area (Å²) in [7, 11) is 1.31. The van der Waals surface area contributed by atoms with E-state index in [9.17, 15) is 19.7 Å². The number of nitrogens with zero attached hydrogens (tertiary/aromatic N) is 1. The van der Waals surface area contributed by atoms with Gasteiger partial charge in [0.1, 0.15) is 11.3 Å². The minimum Gasteiger partial charge on any atom is -0.496 e. The van der Waals surface area contributed by atoms with Gasteiger partial charge >= 0.3 is 5.97 Å². The van der Waals surface area contributed by atoms with E-state index in [4.69, 9.17) is 9.84 Å². The molecule has 1 aromatic carbocycles. The summed E-state index contributed by atoms with van der Waals surface area (Å²) in [5.74, 6) is -1.87. The highest BCUT2D eigenvalue weighted by Gasteiger charge is 2.30. The first kappa shape index (κ1) is 15.4. The minimum atomic E-state index is -1.51. The number of carbonyl (C=O) groups excluding carboxylic acids is 1. The minimum absolute atomic E-state index is 0.101. The van der Waals surface area contributed by atoms with Gasteiger partial charge in [-0.1, -0.05) is 0 Å². The fourth-order valence-corrected chi connectivity index (χ4v) is 1.39. The number of aliphatic carboxylic acids is 1. The fourth-order valence-electron chi connectivity index (χ4n) is 1.39. The Kier molecular flexibility index (Phi) is 4.28. The second kappa shape index (κ2) is 5.55. The first-order valence-electron chi connectivity index (χ1n) is 5.57. The highest BCUT2D eigenvalue weighted by molar-refractivity contribution is 6.00. The molecule has 0 aliphatic heterocycles. The Labute approximate surface area is 114 Å². The Morgan fingerprint density at radius 1 is 1.40 bits per heavy atom. The second-order valence-electron chi connectivity index (χ2n) is 4.53. The zero-order valence-electron chi connectivity index (χ0n) is 11.2. The van der Waals surface area contributed by atoms with E-state index in [0.717, 1.165) is 6.07 Å². The summed E-state index contributed by atoms with van der Waals surface area (Å²) in [6.07, 6.45) is 0. The SMILES string of the molecule is COc1ccc([N+](=O)[O-])cc1C(=O)NC(C)(C)C(=O)O. The molecule has 0 aliphatic carbocycles. The van der Waals surface area contributed by atoms with Crippen molar-refractivity contribution < 1.29 is 24.4 Å². The summed E-state index contributed by atoms with van der Waals surface area (Å²) < 4.78 is 4.95. The van der Waals surface area contributed by atoms with Crippen molar-refractivity contribution in [3.63, 3.8) is 0 Å². The number of carbonyl (C=O) groups is 2. The van der Waals surface area contributed by atoms with Crippen LogP contribution in [0.2, 0.25) is 0 Å². The van der Waals surface area contributed by atoms with Gasteiger partial charge < -0.3 is 15.2 Å². The molecule has 0 spiro atoms. The lowest BCUT2D eigenvalue weighted by molar-refractivity contribution is -0.384. The summed E-state index contributed by atoms with van der Waals surface area (Å²) >= 11 is 0. The van der Waals surface area contributed by atoms with E-state index in [-0.39, 0.29) is 17.0 Å². The Morgan fingerprint density at radius 3 is 2.45 bits per heavy atom. The average molecular weight is 282 g/mol. The van der Waals surface area contributed by atoms with E-state index in [1.54, 1.807) is 0 Å². The van der Waals surface area contributed by atoms with Crippen molar-refractivity contribution in [2.75, 3.05) is 7.11 Å². The van der Waals surface area contributed by atoms with Crippen molar-refractivity contribution in [3.8, 4) is 5.75 Å². The number of nitrogens with one attached hydrogen (secondary N) is 1. The number of methoxy groups -OCH3 is 1. The predicted molar refractivity (Wildman–Crippen MR) is 68.8 cm³/mol. The van der Waals surface area contributed by atoms with Crippen LogP contribution in [0.25, 0.3) is 0 Å². The van der Waals surface area contributed by atoms with Crippen molar-refractivity contribution >= 4 is 17.6 Å². The van der Waals surface area contributed by atoms with Crippen molar-refractivity contribution in [3.05, 3.63) is 33.9 Å². The van der Waals surface area contributed by atoms with Gasteiger partial charge in [0.2, 0.25) is 0 Å². The number of non-ortho nitro benzene ring substituents is 1. The molecule has 0 aliphatic rings. The van der Waals surface area contributed by atoms with Crippen LogP contribution < -0.4 is 10.1 Å². The molecule has 0 radical (unpaired) electrons. The highest BCUT2D eigenvalue weighted by Crippen LogP contribution is 2.24. The number of carboxylic acids is 1. The zero-order valence-corrected chi connectivity index (χ0v) is 11.2. The van der Waals surface area contributed by atoms with Gasteiger partial charge in [-0.15, -0.1) is 0 Å². The number of ether oxygens (including phenoxy) is 1. The van der Waals surface area contributed by atoms with Crippen LogP contribution in [-0.2, 0) is 4.79 Å². The molecule has 0 atom stereocenters. The van der Waals surface area contributed by atoms with Crippen molar-refractivity contribution in [1.82, 2.24) is 5.32 Å². The maximum atomic E-state index is 12.0. The summed E-state index contributed by atoms with van der Waals surface area (Å²) in [6, 6.07) is 3.50. The maximum absolute atomic E-state index is 12.0. The average Bonchev–Trinajstić information content (AvgIpc) is 2.37. The number of nitro benzene ring substituents is 1. The largest absolute Gasteiger partial charge is 0.496 e. The summed E-state index contributed by atoms with van der Waals surface area (Å²) in [5.41, 5.74) is -1.90. The lowest BCUT2D eigenvalue weighted by Gasteiger charge is -2.21. The van der Waals surface area contributed by atoms with Gasteiger partial charge in [-0.2, -0.15) is 0 Å². The third-order valence-corrected chi connectivity index (χ3v) is 2.60. The van der Waals surface area contributed by atoms with Gasteiger partial charge in [0.15, 0.2) is 0 Å². The summed E-state index contributed by atoms with van der Waals surface area (Å²) in [6.45, 7) is 2.61. The maximum Gasteiger partial charge on any atom is 0.328 e. The van der Waals surface area contributed by atoms with Gasteiger partial charge in [0.05, 0.1) is 17.6 Å². The molecule has 1 rings (SSSR count). The van der Waals surface area contributed by atoms with Crippen molar-refractivity contribution in [2.45, 2.75) is 19.4 Å². The zero-order chi connectivity index (χ0) is 15.5. The van der Waals surface area contributed by atoms with Crippen LogP contribution >= 0.6 is 0 Å². The van der Waals surface area contributed by atoms with Gasteiger partial charge in [0, 0.05) is 12.1 Å². The van der Waals surface area contributed by atoms with E-state index in [0.29, 0.717) is 0 Å². The molecule has 0 fully saturated rings. The number of amides is 1. The molecule has 8 heteroatoms. The molecule has 8 nitrogen and oxygen atoms in total. The normalized spacial score (nSPS) is 10.8. The predicted octanol–water partition coefficient (Wildman–Crippen LogP) is 1.20. The molecule has 0 saturated heterocycles. The third kappa shape index (κ3) is 3.22. The Balaban J connectivity index is 3.17. The summed E-state index contributed by atoms with van der Waals surface area (Å²) in [4.78, 5) is 33.1. The standard InChI is InChI=1S/C12H14N2O6/c1-12(2,11(16)17)13-10(15)8-6-7(14(18)19)4-5-9(8)20-3/h4-6H,1-3H3,(H,13,15)(H,16,17). The quantitative estimate of drug-likeness (QED) is 0.618. The fraction of sp³-hybridized carbons (Fsp3) is 0.333. The van der Waals surface area contributed by atoms with Crippen LogP contribution in [0.15, 0.2) is 18.2 Å². The molecular weight excluding hydrogens is 268 g/mol. The van der Waals surface area contributed by atoms with Crippen LogP contribution in [0.3, 0.4) is 0 Å². The highest BCUT2D eigenvalue weighted by atomic mass is 16.6. The number of nitro groups is 1. The smallest absolute Gasteiger partial charge is 0.328 e. The number of rotatable bonds is 5. The molecular formula is C12H14N2O6. The van der Waals surface area contributed by atoms with Gasteiger partial charge in [-0.25, -0.2) is 4.79 Å². The van der Waals surface area contributed by atoms with E-state index in [2.05, 4.69) is 5.32 Å². The molecule has 0 saturated carbocycles. The number of hydrogen-bond donors (Lipinski definition) is 2. The Morgan fingerprint density at radius 2 is 2.00 bits per heavy atom. The monoisotopic (exact) mass is 282 g/mol. The first-order chi connectivity index (χ1) is 9.19. The second-order valence-corrected chi connectivity index (χ2v) is 4.53. The molecule has 2 N–H and O–H groups in total. The van der Waals surface area contributed by atoms with Gasteiger partial charge in [0.25, 0.3) is 11.6 Å². The first-order valence-corrected chi connectivity index (χ1v) is 5.57. The van der Waals surface area contributed by atoms with Crippen LogP contribution in [0.4, 0.5) is 5.69 Å². The molecule has 0 bridgehead atoms. The Bertz CT molecular complexity index is 567. The van der Waals surface area contributed by atoms with Gasteiger partial charge in [-0.3, -0.25) is 14.9 Å². The van der Waals surface area contributed by atoms with E-state index in [1.807, 2.05) is 0 Å².